The molecule has 0 fully saturated rings. The lowest BCUT2D eigenvalue weighted by atomic mass is 10.0. The number of carboxylic acids is 1. The summed E-state index contributed by atoms with van der Waals surface area (Å²) in [7, 11) is 0. The van der Waals surface area contributed by atoms with E-state index in [1.165, 1.54) is 12.1 Å². The van der Waals surface area contributed by atoms with E-state index in [9.17, 15) is 29.4 Å². The number of phenolic OH excluding ortho intramolecular Hbond substituents is 1. The summed E-state index contributed by atoms with van der Waals surface area (Å²) in [6.07, 6.45) is 1.34. The SMILES string of the molecule is NC(=O)C[C@H](NC(=O)[C@H](Cc1ccc(O)cc1)NC(=O)[C@@H](N)Cc1c[nH]c2ccccc12)C(=O)O. The van der Waals surface area contributed by atoms with Gasteiger partial charge in [-0.3, -0.25) is 14.4 Å². The fourth-order valence-corrected chi connectivity index (χ4v) is 3.66. The number of para-hydroxylation sites is 1. The summed E-state index contributed by atoms with van der Waals surface area (Å²) in [6.45, 7) is 0. The van der Waals surface area contributed by atoms with Gasteiger partial charge in [0.2, 0.25) is 17.7 Å². The van der Waals surface area contributed by atoms with Crippen molar-refractivity contribution < 1.29 is 29.4 Å². The second-order valence-corrected chi connectivity index (χ2v) is 8.17. The van der Waals surface area contributed by atoms with Crippen molar-refractivity contribution in [2.75, 3.05) is 0 Å². The number of hydrogen-bond acceptors (Lipinski definition) is 6. The van der Waals surface area contributed by atoms with Gasteiger partial charge >= 0.3 is 5.97 Å². The van der Waals surface area contributed by atoms with Crippen molar-refractivity contribution in [1.82, 2.24) is 15.6 Å². The number of amides is 3. The van der Waals surface area contributed by atoms with Crippen LogP contribution in [0.25, 0.3) is 10.9 Å². The molecule has 9 N–H and O–H groups in total. The van der Waals surface area contributed by atoms with Crippen LogP contribution >= 0.6 is 0 Å². The number of carbonyl (C=O) groups excluding carboxylic acids is 3. The minimum atomic E-state index is -1.56. The average molecular weight is 482 g/mol. The van der Waals surface area contributed by atoms with Gasteiger partial charge in [0, 0.05) is 23.5 Å². The molecule has 2 aromatic carbocycles. The Morgan fingerprint density at radius 1 is 0.914 bits per heavy atom. The molecule has 1 aromatic heterocycles. The molecule has 184 valence electrons. The number of carbonyl (C=O) groups is 4. The highest BCUT2D eigenvalue weighted by Gasteiger charge is 2.29. The van der Waals surface area contributed by atoms with E-state index in [0.29, 0.717) is 5.56 Å². The molecule has 35 heavy (non-hydrogen) atoms. The van der Waals surface area contributed by atoms with E-state index in [2.05, 4.69) is 15.6 Å². The number of aliphatic carboxylic acids is 1. The molecular weight excluding hydrogens is 454 g/mol. The first-order valence-corrected chi connectivity index (χ1v) is 10.8. The number of aromatic hydroxyl groups is 1. The van der Waals surface area contributed by atoms with Gasteiger partial charge in [0.15, 0.2) is 0 Å². The Balaban J connectivity index is 1.75. The van der Waals surface area contributed by atoms with Crippen LogP contribution in [0.3, 0.4) is 0 Å². The molecule has 11 nitrogen and oxygen atoms in total. The fourth-order valence-electron chi connectivity index (χ4n) is 3.66. The van der Waals surface area contributed by atoms with Gasteiger partial charge in [0.05, 0.1) is 12.5 Å². The lowest BCUT2D eigenvalue weighted by molar-refractivity contribution is -0.143. The van der Waals surface area contributed by atoms with Gasteiger partial charge in [-0.2, -0.15) is 0 Å². The van der Waals surface area contributed by atoms with Crippen LogP contribution in [0.2, 0.25) is 0 Å². The normalized spacial score (nSPS) is 13.5. The Hall–Kier alpha value is -4.38. The number of H-pyrrole nitrogens is 1. The number of rotatable bonds is 11. The predicted octanol–water partition coefficient (Wildman–Crippen LogP) is -0.0844. The maximum Gasteiger partial charge on any atom is 0.326 e. The quantitative estimate of drug-likeness (QED) is 0.198. The van der Waals surface area contributed by atoms with Crippen molar-refractivity contribution in [3.8, 4) is 5.75 Å². The smallest absolute Gasteiger partial charge is 0.326 e. The highest BCUT2D eigenvalue weighted by atomic mass is 16.4. The zero-order valence-electron chi connectivity index (χ0n) is 18.7. The summed E-state index contributed by atoms with van der Waals surface area (Å²) in [4.78, 5) is 51.6. The lowest BCUT2D eigenvalue weighted by Gasteiger charge is -2.23. The fraction of sp³-hybridized carbons (Fsp3) is 0.250. The summed E-state index contributed by atoms with van der Waals surface area (Å²) >= 11 is 0. The van der Waals surface area contributed by atoms with Crippen LogP contribution in [-0.4, -0.2) is 57.0 Å². The van der Waals surface area contributed by atoms with E-state index in [-0.39, 0.29) is 18.6 Å². The topological polar surface area (TPSA) is 201 Å². The summed E-state index contributed by atoms with van der Waals surface area (Å²) in [5, 5.41) is 24.6. The Morgan fingerprint density at radius 3 is 2.23 bits per heavy atom. The number of carboxylic acid groups (broad SMARTS) is 1. The third-order valence-corrected chi connectivity index (χ3v) is 5.48. The zero-order chi connectivity index (χ0) is 25.5. The maximum absolute atomic E-state index is 12.9. The molecule has 0 saturated carbocycles. The summed E-state index contributed by atoms with van der Waals surface area (Å²) in [5.41, 5.74) is 13.5. The van der Waals surface area contributed by atoms with Crippen molar-refractivity contribution in [3.05, 3.63) is 65.9 Å². The van der Waals surface area contributed by atoms with E-state index >= 15 is 0 Å². The summed E-state index contributed by atoms with van der Waals surface area (Å²) in [5.74, 6) is -3.76. The molecule has 3 rings (SSSR count). The first-order valence-electron chi connectivity index (χ1n) is 10.8. The van der Waals surface area contributed by atoms with E-state index in [1.54, 1.807) is 18.3 Å². The molecule has 0 aliphatic carbocycles. The van der Waals surface area contributed by atoms with Crippen LogP contribution in [0.4, 0.5) is 0 Å². The molecular formula is C24H27N5O6. The molecule has 0 unspecified atom stereocenters. The molecule has 0 saturated heterocycles. The Labute approximate surface area is 200 Å². The van der Waals surface area contributed by atoms with Crippen molar-refractivity contribution in [3.63, 3.8) is 0 Å². The first-order chi connectivity index (χ1) is 16.6. The van der Waals surface area contributed by atoms with Gasteiger partial charge in [0.25, 0.3) is 0 Å². The molecule has 0 aliphatic heterocycles. The number of nitrogens with one attached hydrogen (secondary N) is 3. The third kappa shape index (κ3) is 6.81. The Morgan fingerprint density at radius 2 is 1.57 bits per heavy atom. The van der Waals surface area contributed by atoms with Crippen LogP contribution in [0.5, 0.6) is 5.75 Å². The van der Waals surface area contributed by atoms with Crippen LogP contribution in [0.1, 0.15) is 17.5 Å². The summed E-state index contributed by atoms with van der Waals surface area (Å²) < 4.78 is 0. The van der Waals surface area contributed by atoms with E-state index < -0.39 is 48.2 Å². The van der Waals surface area contributed by atoms with E-state index in [4.69, 9.17) is 11.5 Å². The van der Waals surface area contributed by atoms with Crippen LogP contribution < -0.4 is 22.1 Å². The van der Waals surface area contributed by atoms with Gasteiger partial charge in [-0.15, -0.1) is 0 Å². The highest BCUT2D eigenvalue weighted by molar-refractivity contribution is 5.93. The van der Waals surface area contributed by atoms with Gasteiger partial charge in [0.1, 0.15) is 17.8 Å². The molecule has 3 aromatic rings. The summed E-state index contributed by atoms with van der Waals surface area (Å²) in [6, 6.07) is 9.76. The number of nitrogens with two attached hydrogens (primary N) is 2. The Bertz CT molecular complexity index is 1220. The van der Waals surface area contributed by atoms with Crippen molar-refractivity contribution in [1.29, 1.82) is 0 Å². The number of fused-ring (bicyclic) bond motifs is 1. The molecule has 0 aliphatic rings. The monoisotopic (exact) mass is 481 g/mol. The maximum atomic E-state index is 12.9. The minimum Gasteiger partial charge on any atom is -0.508 e. The number of primary amides is 1. The molecule has 1 heterocycles. The third-order valence-electron chi connectivity index (χ3n) is 5.48. The Kier molecular flexibility index (Phi) is 8.05. The second-order valence-electron chi connectivity index (χ2n) is 8.17. The standard InChI is InChI=1S/C24H27N5O6/c25-17(10-14-12-27-18-4-2-1-3-16(14)18)22(32)28-19(9-13-5-7-15(30)8-6-13)23(33)29-20(24(34)35)11-21(26)31/h1-8,12,17,19-20,27,30H,9-11,25H2,(H2,26,31)(H,28,32)(H,29,33)(H,34,35)/t17-,19-,20-/m0/s1. The molecule has 11 heteroatoms. The highest BCUT2D eigenvalue weighted by Crippen LogP contribution is 2.19. The molecule has 3 atom stereocenters. The van der Waals surface area contributed by atoms with Crippen LogP contribution in [0.15, 0.2) is 54.7 Å². The predicted molar refractivity (Wildman–Crippen MR) is 127 cm³/mol. The average Bonchev–Trinajstić information content (AvgIpc) is 3.21. The van der Waals surface area contributed by atoms with Gasteiger partial charge in [-0.1, -0.05) is 30.3 Å². The number of benzene rings is 2. The van der Waals surface area contributed by atoms with Gasteiger partial charge < -0.3 is 37.3 Å². The molecule has 0 bridgehead atoms. The van der Waals surface area contributed by atoms with Crippen LogP contribution in [-0.2, 0) is 32.0 Å². The van der Waals surface area contributed by atoms with Crippen molar-refractivity contribution in [2.24, 2.45) is 11.5 Å². The van der Waals surface area contributed by atoms with E-state index in [1.807, 2.05) is 24.3 Å². The first kappa shape index (κ1) is 25.2. The van der Waals surface area contributed by atoms with Crippen LogP contribution in [0, 0.1) is 0 Å². The van der Waals surface area contributed by atoms with E-state index in [0.717, 1.165) is 16.5 Å². The molecule has 0 spiro atoms. The lowest BCUT2D eigenvalue weighted by Crippen LogP contribution is -2.56. The number of phenols is 1. The van der Waals surface area contributed by atoms with Crippen molar-refractivity contribution in [2.45, 2.75) is 37.4 Å². The molecule has 3 amide bonds. The second kappa shape index (κ2) is 11.2. The van der Waals surface area contributed by atoms with Crippen molar-refractivity contribution >= 4 is 34.6 Å². The molecule has 0 radical (unpaired) electrons. The number of hydrogen-bond donors (Lipinski definition) is 7. The largest absolute Gasteiger partial charge is 0.508 e. The van der Waals surface area contributed by atoms with Gasteiger partial charge in [-0.05, 0) is 35.7 Å². The number of aromatic amines is 1. The minimum absolute atomic E-state index is 0.0133. The number of aromatic nitrogens is 1. The van der Waals surface area contributed by atoms with Gasteiger partial charge in [-0.25, -0.2) is 4.79 Å². The zero-order valence-corrected chi connectivity index (χ0v) is 18.7.